The molecule has 2 aromatic carbocycles. The van der Waals surface area contributed by atoms with E-state index >= 15 is 0 Å². The lowest BCUT2D eigenvalue weighted by Crippen LogP contribution is -2.34. The molecule has 0 radical (unpaired) electrons. The van der Waals surface area contributed by atoms with Gasteiger partial charge in [-0.15, -0.1) is 11.8 Å². The second-order valence-corrected chi connectivity index (χ2v) is 8.47. The molecule has 0 unspecified atom stereocenters. The number of nitrogens with one attached hydrogen (secondary N) is 2. The summed E-state index contributed by atoms with van der Waals surface area (Å²) in [4.78, 5) is 25.6. The van der Waals surface area contributed by atoms with Crippen molar-refractivity contribution in [1.82, 2.24) is 5.32 Å². The fraction of sp³-hybridized carbons (Fsp3) is 0.364. The molecule has 8 heteroatoms. The number of hydrogen-bond donors (Lipinski definition) is 2. The zero-order valence-electron chi connectivity index (χ0n) is 16.8. The maximum absolute atomic E-state index is 12.4. The molecule has 1 aliphatic heterocycles. The Morgan fingerprint density at radius 2 is 1.97 bits per heavy atom. The number of halogens is 1. The van der Waals surface area contributed by atoms with E-state index in [-0.39, 0.29) is 18.2 Å². The Morgan fingerprint density at radius 1 is 1.17 bits per heavy atom. The second kappa shape index (κ2) is 11.4. The summed E-state index contributed by atoms with van der Waals surface area (Å²) in [6, 6.07) is 13.2. The number of ether oxygens (including phenoxy) is 2. The van der Waals surface area contributed by atoms with Crippen LogP contribution < -0.4 is 10.6 Å². The minimum absolute atomic E-state index is 0.110. The van der Waals surface area contributed by atoms with Gasteiger partial charge in [0.2, 0.25) is 11.8 Å². The van der Waals surface area contributed by atoms with E-state index in [2.05, 4.69) is 10.6 Å². The van der Waals surface area contributed by atoms with Crippen LogP contribution in [0.5, 0.6) is 0 Å². The van der Waals surface area contributed by atoms with E-state index in [9.17, 15) is 9.59 Å². The maximum Gasteiger partial charge on any atom is 0.238 e. The molecule has 6 nitrogen and oxygen atoms in total. The van der Waals surface area contributed by atoms with Crippen molar-refractivity contribution in [2.75, 3.05) is 25.1 Å². The van der Waals surface area contributed by atoms with Gasteiger partial charge in [-0.1, -0.05) is 35.9 Å². The molecule has 0 fully saturated rings. The molecule has 1 heterocycles. The third-order valence-electron chi connectivity index (χ3n) is 4.46. The largest absolute Gasteiger partial charge is 0.379 e. The first-order valence-electron chi connectivity index (χ1n) is 9.82. The van der Waals surface area contributed by atoms with Crippen molar-refractivity contribution in [2.24, 2.45) is 0 Å². The van der Waals surface area contributed by atoms with E-state index in [0.29, 0.717) is 43.7 Å². The van der Waals surface area contributed by atoms with E-state index in [1.165, 1.54) is 11.8 Å². The fourth-order valence-corrected chi connectivity index (χ4v) is 4.24. The standard InChI is InChI=1S/C22H25ClN2O4S/c1-2-28-8-9-29-14-16-5-3-4-15(10-16)13-24-21(26)12-20-22(27)25-18-11-17(23)6-7-19(18)30-20/h3-7,10-11,20H,2,8-9,12-14H2,1H3,(H,24,26)(H,25,27)/t20-/m0/s1. The number of hydrogen-bond acceptors (Lipinski definition) is 5. The minimum Gasteiger partial charge on any atom is -0.379 e. The molecule has 3 rings (SSSR count). The van der Waals surface area contributed by atoms with Gasteiger partial charge in [0, 0.05) is 29.5 Å². The molecule has 0 bridgehead atoms. The van der Waals surface area contributed by atoms with Crippen LogP contribution in [0.4, 0.5) is 5.69 Å². The first-order chi connectivity index (χ1) is 14.5. The second-order valence-electron chi connectivity index (χ2n) is 6.79. The number of benzene rings is 2. The van der Waals surface area contributed by atoms with Gasteiger partial charge >= 0.3 is 0 Å². The van der Waals surface area contributed by atoms with Crippen LogP contribution in [0.3, 0.4) is 0 Å². The molecule has 30 heavy (non-hydrogen) atoms. The van der Waals surface area contributed by atoms with Gasteiger partial charge in [0.1, 0.15) is 0 Å². The van der Waals surface area contributed by atoms with Crippen LogP contribution in [0.25, 0.3) is 0 Å². The summed E-state index contributed by atoms with van der Waals surface area (Å²) in [5.41, 5.74) is 2.71. The monoisotopic (exact) mass is 448 g/mol. The Hall–Kier alpha value is -2.06. The average molecular weight is 449 g/mol. The highest BCUT2D eigenvalue weighted by Gasteiger charge is 2.29. The highest BCUT2D eigenvalue weighted by atomic mass is 35.5. The summed E-state index contributed by atoms with van der Waals surface area (Å²) in [5.74, 6) is -0.352. The lowest BCUT2D eigenvalue weighted by atomic mass is 10.1. The van der Waals surface area contributed by atoms with Gasteiger partial charge in [0.05, 0.1) is 30.8 Å². The molecule has 0 saturated carbocycles. The first-order valence-corrected chi connectivity index (χ1v) is 11.1. The lowest BCUT2D eigenvalue weighted by molar-refractivity contribution is -0.124. The van der Waals surface area contributed by atoms with Crippen LogP contribution >= 0.6 is 23.4 Å². The van der Waals surface area contributed by atoms with Gasteiger partial charge in [-0.2, -0.15) is 0 Å². The number of fused-ring (bicyclic) bond motifs is 1. The Labute approximate surface area is 185 Å². The Bertz CT molecular complexity index is 893. The predicted octanol–water partition coefficient (Wildman–Crippen LogP) is 4.01. The zero-order valence-corrected chi connectivity index (χ0v) is 18.4. The highest BCUT2D eigenvalue weighted by molar-refractivity contribution is 8.01. The summed E-state index contributed by atoms with van der Waals surface area (Å²) >= 11 is 7.35. The van der Waals surface area contributed by atoms with Crippen molar-refractivity contribution < 1.29 is 19.1 Å². The van der Waals surface area contributed by atoms with Gasteiger partial charge in [-0.25, -0.2) is 0 Å². The summed E-state index contributed by atoms with van der Waals surface area (Å²) in [6.07, 6.45) is 0.110. The summed E-state index contributed by atoms with van der Waals surface area (Å²) in [5, 5.41) is 5.81. The summed E-state index contributed by atoms with van der Waals surface area (Å²) < 4.78 is 10.8. The van der Waals surface area contributed by atoms with Crippen molar-refractivity contribution in [3.8, 4) is 0 Å². The van der Waals surface area contributed by atoms with E-state index in [4.69, 9.17) is 21.1 Å². The number of thioether (sulfide) groups is 1. The van der Waals surface area contributed by atoms with Crippen LogP contribution in [0.15, 0.2) is 47.4 Å². The third kappa shape index (κ3) is 6.74. The molecule has 160 valence electrons. The predicted molar refractivity (Wildman–Crippen MR) is 119 cm³/mol. The number of carbonyl (C=O) groups excluding carboxylic acids is 2. The Kier molecular flexibility index (Phi) is 8.57. The third-order valence-corrected chi connectivity index (χ3v) is 5.97. The van der Waals surface area contributed by atoms with Crippen molar-refractivity contribution in [3.05, 3.63) is 58.6 Å². The molecule has 1 atom stereocenters. The van der Waals surface area contributed by atoms with Gasteiger partial charge in [-0.3, -0.25) is 9.59 Å². The SMILES string of the molecule is CCOCCOCc1cccc(CNC(=O)C[C@@H]2Sc3ccc(Cl)cc3NC2=O)c1. The first kappa shape index (κ1) is 22.6. The fourth-order valence-electron chi connectivity index (χ4n) is 2.98. The molecule has 0 aliphatic carbocycles. The molecule has 1 aliphatic rings. The molecular formula is C22H25ClN2O4S. The molecule has 0 saturated heterocycles. The van der Waals surface area contributed by atoms with Crippen LogP contribution in [0, 0.1) is 0 Å². The van der Waals surface area contributed by atoms with Gasteiger partial charge < -0.3 is 20.1 Å². The summed E-state index contributed by atoms with van der Waals surface area (Å²) in [7, 11) is 0. The van der Waals surface area contributed by atoms with Crippen LogP contribution in [-0.4, -0.2) is 36.9 Å². The Morgan fingerprint density at radius 3 is 2.80 bits per heavy atom. The molecule has 0 aromatic heterocycles. The van der Waals surface area contributed by atoms with E-state index in [1.807, 2.05) is 37.3 Å². The zero-order chi connectivity index (χ0) is 21.3. The quantitative estimate of drug-likeness (QED) is 0.537. The minimum atomic E-state index is -0.469. The van der Waals surface area contributed by atoms with Crippen molar-refractivity contribution in [1.29, 1.82) is 0 Å². The molecule has 2 N–H and O–H groups in total. The van der Waals surface area contributed by atoms with Crippen LogP contribution in [0.1, 0.15) is 24.5 Å². The van der Waals surface area contributed by atoms with Gasteiger partial charge in [0.15, 0.2) is 0 Å². The molecule has 2 aromatic rings. The Balaban J connectivity index is 1.46. The molecular weight excluding hydrogens is 424 g/mol. The van der Waals surface area contributed by atoms with Crippen molar-refractivity contribution in [3.63, 3.8) is 0 Å². The van der Waals surface area contributed by atoms with E-state index in [0.717, 1.165) is 16.0 Å². The van der Waals surface area contributed by atoms with Crippen molar-refractivity contribution in [2.45, 2.75) is 36.6 Å². The smallest absolute Gasteiger partial charge is 0.238 e. The van der Waals surface area contributed by atoms with Gasteiger partial charge in [-0.05, 0) is 36.2 Å². The number of rotatable bonds is 10. The highest BCUT2D eigenvalue weighted by Crippen LogP contribution is 2.38. The van der Waals surface area contributed by atoms with Crippen LogP contribution in [-0.2, 0) is 32.2 Å². The summed E-state index contributed by atoms with van der Waals surface area (Å²) in [6.45, 7) is 4.66. The van der Waals surface area contributed by atoms with Crippen molar-refractivity contribution >= 4 is 40.9 Å². The lowest BCUT2D eigenvalue weighted by Gasteiger charge is -2.23. The van der Waals surface area contributed by atoms with Crippen LogP contribution in [0.2, 0.25) is 5.02 Å². The molecule has 2 amide bonds. The molecule has 0 spiro atoms. The van der Waals surface area contributed by atoms with Gasteiger partial charge in [0.25, 0.3) is 0 Å². The average Bonchev–Trinajstić information content (AvgIpc) is 2.73. The number of amides is 2. The van der Waals surface area contributed by atoms with E-state index in [1.54, 1.807) is 12.1 Å². The normalized spacial score (nSPS) is 15.4. The number of carbonyl (C=O) groups is 2. The van der Waals surface area contributed by atoms with E-state index < -0.39 is 5.25 Å². The number of anilines is 1. The maximum atomic E-state index is 12.4. The topological polar surface area (TPSA) is 76.7 Å².